The zero-order valence-electron chi connectivity index (χ0n) is 21.1. The molecule has 2 amide bonds. The Hall–Kier alpha value is -4.56. The summed E-state index contributed by atoms with van der Waals surface area (Å²) in [5.74, 6) is -0.697. The Kier molecular flexibility index (Phi) is 9.52. The van der Waals surface area contributed by atoms with Gasteiger partial charge in [0.1, 0.15) is 6.61 Å². The van der Waals surface area contributed by atoms with Gasteiger partial charge in [0.25, 0.3) is 0 Å². The number of nitro benzene ring substituents is 1. The summed E-state index contributed by atoms with van der Waals surface area (Å²) in [5, 5.41) is 40.3. The molecule has 0 spiro atoms. The number of aliphatic hydroxyl groups is 1. The third kappa shape index (κ3) is 7.06. The van der Waals surface area contributed by atoms with Crippen molar-refractivity contribution < 1.29 is 38.9 Å². The molecule has 0 aliphatic carbocycles. The van der Waals surface area contributed by atoms with Crippen molar-refractivity contribution in [2.45, 2.75) is 26.1 Å². The van der Waals surface area contributed by atoms with E-state index >= 15 is 0 Å². The van der Waals surface area contributed by atoms with E-state index in [-0.39, 0.29) is 40.9 Å². The molecule has 1 heterocycles. The predicted molar refractivity (Wildman–Crippen MR) is 139 cm³/mol. The van der Waals surface area contributed by atoms with Crippen molar-refractivity contribution in [1.29, 1.82) is 0 Å². The molecule has 0 aromatic heterocycles. The average molecular weight is 564 g/mol. The van der Waals surface area contributed by atoms with Crippen LogP contribution < -0.4 is 25.5 Å². The Balaban J connectivity index is 1.72. The number of hydrogen-bond donors (Lipinski definition) is 5. The third-order valence-corrected chi connectivity index (χ3v) is 5.60. The van der Waals surface area contributed by atoms with Crippen LogP contribution in [-0.2, 0) is 9.53 Å². The van der Waals surface area contributed by atoms with Gasteiger partial charge in [0.2, 0.25) is 5.75 Å². The molecule has 0 bridgehead atoms. The molecule has 0 saturated heterocycles. The van der Waals surface area contributed by atoms with Crippen LogP contribution in [0.5, 0.6) is 17.2 Å². The van der Waals surface area contributed by atoms with E-state index in [1.165, 1.54) is 13.2 Å². The summed E-state index contributed by atoms with van der Waals surface area (Å²) in [6.07, 6.45) is -0.272. The fourth-order valence-electron chi connectivity index (χ4n) is 3.66. The van der Waals surface area contributed by atoms with Crippen molar-refractivity contribution in [2.24, 2.45) is 5.10 Å². The summed E-state index contributed by atoms with van der Waals surface area (Å²) < 4.78 is 16.2. The number of rotatable bonds is 11. The van der Waals surface area contributed by atoms with Crippen LogP contribution in [0.2, 0.25) is 5.02 Å². The Labute approximate surface area is 227 Å². The quantitative estimate of drug-likeness (QED) is 0.0890. The first-order valence-electron chi connectivity index (χ1n) is 11.4. The lowest BCUT2D eigenvalue weighted by atomic mass is 9.95. The van der Waals surface area contributed by atoms with Gasteiger partial charge < -0.3 is 35.1 Å². The second-order valence-corrected chi connectivity index (χ2v) is 8.47. The van der Waals surface area contributed by atoms with Crippen LogP contribution in [0.3, 0.4) is 0 Å². The number of nitrogens with zero attached hydrogens (tertiary/aromatic N) is 2. The molecule has 1 aliphatic heterocycles. The van der Waals surface area contributed by atoms with Gasteiger partial charge in [-0.25, -0.2) is 9.59 Å². The van der Waals surface area contributed by atoms with Gasteiger partial charge in [-0.15, -0.1) is 0 Å². The minimum atomic E-state index is -1.33. The highest BCUT2D eigenvalue weighted by Gasteiger charge is 2.32. The van der Waals surface area contributed by atoms with E-state index in [1.54, 1.807) is 32.0 Å². The lowest BCUT2D eigenvalue weighted by molar-refractivity contribution is -0.385. The van der Waals surface area contributed by atoms with Crippen LogP contribution in [0.1, 0.15) is 31.0 Å². The van der Waals surface area contributed by atoms with Crippen LogP contribution in [0, 0.1) is 10.1 Å². The molecule has 0 unspecified atom stereocenters. The van der Waals surface area contributed by atoms with E-state index in [0.29, 0.717) is 11.3 Å². The number of benzene rings is 2. The van der Waals surface area contributed by atoms with Crippen LogP contribution >= 0.6 is 11.6 Å². The number of phenolic OH excluding ortho intramolecular Hbond substituents is 1. The third-order valence-electron chi connectivity index (χ3n) is 5.38. The molecular weight excluding hydrogens is 538 g/mol. The molecule has 0 radical (unpaired) electrons. The number of halogens is 1. The van der Waals surface area contributed by atoms with Crippen molar-refractivity contribution in [3.63, 3.8) is 0 Å². The van der Waals surface area contributed by atoms with Crippen LogP contribution in [-0.4, -0.2) is 59.9 Å². The van der Waals surface area contributed by atoms with Crippen LogP contribution in [0.15, 0.2) is 46.7 Å². The maximum Gasteiger partial charge on any atom is 0.337 e. The standard InChI is InChI=1S/C24H26ClN5O9/c1-4-38-18-8-13(21-20(23(33)37-3)12(2)27-24(34)28-21)5-6-17(18)39-11-19(31)29-26-10-14-7-15(25)9-16(22(14)32)30(35)36/h5-10,19,21,29,31-32H,4,11H2,1-3H3,(H2,27,28,34)/b26-10-/t19-,21+/m1/s1. The molecule has 39 heavy (non-hydrogen) atoms. The highest BCUT2D eigenvalue weighted by molar-refractivity contribution is 6.31. The molecular formula is C24H26ClN5O9. The number of allylic oxidation sites excluding steroid dienone is 1. The second-order valence-electron chi connectivity index (χ2n) is 8.03. The first kappa shape index (κ1) is 29.0. The van der Waals surface area contributed by atoms with Gasteiger partial charge in [-0.05, 0) is 37.6 Å². The number of methoxy groups -OCH3 is 1. The number of hydrazone groups is 1. The molecule has 14 nitrogen and oxygen atoms in total. The highest BCUT2D eigenvalue weighted by Crippen LogP contribution is 2.35. The summed E-state index contributed by atoms with van der Waals surface area (Å²) in [6, 6.07) is 5.74. The molecule has 0 saturated carbocycles. The Morgan fingerprint density at radius 2 is 2.05 bits per heavy atom. The zero-order valence-corrected chi connectivity index (χ0v) is 21.8. The van der Waals surface area contributed by atoms with Gasteiger partial charge in [-0.3, -0.25) is 15.5 Å². The zero-order chi connectivity index (χ0) is 28.7. The number of urea groups is 1. The molecule has 2 atom stereocenters. The maximum absolute atomic E-state index is 12.4. The number of aliphatic hydroxyl groups excluding tert-OH is 1. The van der Waals surface area contributed by atoms with Crippen molar-refractivity contribution >= 4 is 35.5 Å². The van der Waals surface area contributed by atoms with Gasteiger partial charge >= 0.3 is 17.7 Å². The molecule has 5 N–H and O–H groups in total. The lowest BCUT2D eigenvalue weighted by Crippen LogP contribution is -2.45. The highest BCUT2D eigenvalue weighted by atomic mass is 35.5. The predicted octanol–water partition coefficient (Wildman–Crippen LogP) is 2.47. The first-order chi connectivity index (χ1) is 18.5. The molecule has 3 rings (SSSR count). The number of ether oxygens (including phenoxy) is 3. The minimum Gasteiger partial charge on any atom is -0.502 e. The minimum absolute atomic E-state index is 0.0187. The molecule has 1 aliphatic rings. The number of esters is 1. The van der Waals surface area contributed by atoms with Gasteiger partial charge in [-0.1, -0.05) is 17.7 Å². The number of phenols is 1. The Morgan fingerprint density at radius 1 is 1.31 bits per heavy atom. The average Bonchev–Trinajstić information content (AvgIpc) is 2.88. The van der Waals surface area contributed by atoms with E-state index in [2.05, 4.69) is 21.2 Å². The van der Waals surface area contributed by atoms with Gasteiger partial charge in [0, 0.05) is 22.3 Å². The summed E-state index contributed by atoms with van der Waals surface area (Å²) in [7, 11) is 1.24. The number of carbonyl (C=O) groups excluding carboxylic acids is 2. The lowest BCUT2D eigenvalue weighted by Gasteiger charge is -2.28. The second kappa shape index (κ2) is 12.8. The molecule has 15 heteroatoms. The summed E-state index contributed by atoms with van der Waals surface area (Å²) in [6.45, 7) is 3.32. The van der Waals surface area contributed by atoms with Gasteiger partial charge in [0.15, 0.2) is 17.7 Å². The van der Waals surface area contributed by atoms with Crippen LogP contribution in [0.4, 0.5) is 10.5 Å². The fraction of sp³-hybridized carbons (Fsp3) is 0.292. The fourth-order valence-corrected chi connectivity index (χ4v) is 3.88. The van der Waals surface area contributed by atoms with Crippen molar-refractivity contribution in [2.75, 3.05) is 20.3 Å². The van der Waals surface area contributed by atoms with E-state index in [1.807, 2.05) is 0 Å². The number of hydrogen-bond acceptors (Lipinski definition) is 11. The van der Waals surface area contributed by atoms with Gasteiger partial charge in [0.05, 0.1) is 36.5 Å². The van der Waals surface area contributed by atoms with E-state index < -0.39 is 40.6 Å². The Morgan fingerprint density at radius 3 is 2.72 bits per heavy atom. The summed E-state index contributed by atoms with van der Waals surface area (Å²) >= 11 is 5.84. The van der Waals surface area contributed by atoms with E-state index in [9.17, 15) is 29.9 Å². The smallest absolute Gasteiger partial charge is 0.337 e. The Bertz CT molecular complexity index is 1330. The molecule has 0 fully saturated rings. The number of aromatic hydroxyl groups is 1. The SMILES string of the molecule is CCOc1cc([C@@H]2NC(=O)NC(C)=C2C(=O)OC)ccc1OC[C@@H](O)N/N=C\c1cc(Cl)cc([N+](=O)[O-])c1O. The summed E-state index contributed by atoms with van der Waals surface area (Å²) in [4.78, 5) is 34.7. The summed E-state index contributed by atoms with van der Waals surface area (Å²) in [5.41, 5.74) is 2.84. The molecule has 2 aromatic carbocycles. The monoisotopic (exact) mass is 563 g/mol. The number of nitrogens with one attached hydrogen (secondary N) is 3. The van der Waals surface area contributed by atoms with Crippen molar-refractivity contribution in [3.05, 3.63) is 67.9 Å². The number of amides is 2. The van der Waals surface area contributed by atoms with Crippen molar-refractivity contribution in [3.8, 4) is 17.2 Å². The molecule has 208 valence electrons. The number of carbonyl (C=O) groups is 2. The first-order valence-corrected chi connectivity index (χ1v) is 11.8. The van der Waals surface area contributed by atoms with Crippen molar-refractivity contribution in [1.82, 2.24) is 16.1 Å². The maximum atomic E-state index is 12.4. The number of nitro groups is 1. The van der Waals surface area contributed by atoms with E-state index in [4.69, 9.17) is 25.8 Å². The van der Waals surface area contributed by atoms with Gasteiger partial charge in [-0.2, -0.15) is 5.10 Å². The normalized spacial score (nSPS) is 15.8. The molecule has 2 aromatic rings. The topological polar surface area (TPSA) is 194 Å². The van der Waals surface area contributed by atoms with E-state index in [0.717, 1.165) is 12.3 Å². The largest absolute Gasteiger partial charge is 0.502 e. The van der Waals surface area contributed by atoms with Crippen LogP contribution in [0.25, 0.3) is 0 Å².